The van der Waals surface area contributed by atoms with Gasteiger partial charge in [0.2, 0.25) is 10.0 Å². The molecule has 0 atom stereocenters. The summed E-state index contributed by atoms with van der Waals surface area (Å²) < 4.78 is 74.9. The molecule has 0 aliphatic rings. The topological polar surface area (TPSA) is 72.2 Å². The maximum atomic E-state index is 12.8. The van der Waals surface area contributed by atoms with Crippen molar-refractivity contribution in [1.82, 2.24) is 4.72 Å². The molecule has 1 aromatic rings. The van der Waals surface area contributed by atoms with Crippen molar-refractivity contribution in [1.29, 1.82) is 0 Å². The van der Waals surface area contributed by atoms with E-state index in [0.717, 1.165) is 0 Å². The van der Waals surface area contributed by atoms with Gasteiger partial charge >= 0.3 is 12.3 Å². The van der Waals surface area contributed by atoms with Crippen LogP contribution >= 0.6 is 0 Å². The predicted molar refractivity (Wildman–Crippen MR) is 66.5 cm³/mol. The minimum atomic E-state index is -4.44. The van der Waals surface area contributed by atoms with Gasteiger partial charge in [-0.1, -0.05) is 12.1 Å². The van der Waals surface area contributed by atoms with Crippen LogP contribution in [0.5, 0.6) is 0 Å². The lowest BCUT2D eigenvalue weighted by Crippen LogP contribution is -2.41. The number of nitrogens with one attached hydrogen (secondary N) is 1. The summed E-state index contributed by atoms with van der Waals surface area (Å²) in [5.41, 5.74) is 6.19. The molecular formula is C11H14F4N2O2S. The molecule has 9 heteroatoms. The molecule has 0 radical (unpaired) electrons. The lowest BCUT2D eigenvalue weighted by Gasteiger charge is -2.18. The minimum Gasteiger partial charge on any atom is -0.397 e. The average Bonchev–Trinajstić information content (AvgIpc) is 2.32. The summed E-state index contributed by atoms with van der Waals surface area (Å²) in [7, 11) is -4.40. The van der Waals surface area contributed by atoms with Gasteiger partial charge in [-0.25, -0.2) is 21.9 Å². The zero-order chi connectivity index (χ0) is 15.7. The number of aryl methyl sites for hydroxylation is 2. The van der Waals surface area contributed by atoms with Gasteiger partial charge in [-0.3, -0.25) is 0 Å². The molecule has 0 saturated carbocycles. The number of alkyl halides is 4. The SMILES string of the molecule is Cc1ccc(C)c(S(=O)(=O)NCC(F)(F)C(F)F)c1N. The molecule has 0 heterocycles. The highest BCUT2D eigenvalue weighted by Gasteiger charge is 2.41. The average molecular weight is 314 g/mol. The van der Waals surface area contributed by atoms with Crippen LogP contribution in [0.25, 0.3) is 0 Å². The van der Waals surface area contributed by atoms with E-state index < -0.39 is 28.9 Å². The molecule has 0 bridgehead atoms. The minimum absolute atomic E-state index is 0.0992. The highest BCUT2D eigenvalue weighted by Crippen LogP contribution is 2.27. The van der Waals surface area contributed by atoms with Crippen molar-refractivity contribution < 1.29 is 26.0 Å². The van der Waals surface area contributed by atoms with E-state index in [9.17, 15) is 26.0 Å². The standard InChI is InChI=1S/C11H14F4N2O2S/c1-6-3-4-7(2)9(8(6)16)20(18,19)17-5-11(14,15)10(12)13/h3-4,10,17H,5,16H2,1-2H3. The van der Waals surface area contributed by atoms with Crippen molar-refractivity contribution in [3.8, 4) is 0 Å². The van der Waals surface area contributed by atoms with Crippen LogP contribution in [0.1, 0.15) is 11.1 Å². The first-order chi connectivity index (χ1) is 8.99. The molecule has 1 aromatic carbocycles. The highest BCUT2D eigenvalue weighted by molar-refractivity contribution is 7.89. The Balaban J connectivity index is 3.11. The first-order valence-electron chi connectivity index (χ1n) is 5.50. The smallest absolute Gasteiger partial charge is 0.320 e. The molecule has 114 valence electrons. The van der Waals surface area contributed by atoms with Gasteiger partial charge in [0.25, 0.3) is 0 Å². The molecule has 3 N–H and O–H groups in total. The van der Waals surface area contributed by atoms with E-state index >= 15 is 0 Å². The van der Waals surface area contributed by atoms with Crippen LogP contribution < -0.4 is 10.5 Å². The summed E-state index contributed by atoms with van der Waals surface area (Å²) in [6, 6.07) is 3.02. The third-order valence-electron chi connectivity index (χ3n) is 2.70. The van der Waals surface area contributed by atoms with E-state index in [-0.39, 0.29) is 16.1 Å². The summed E-state index contributed by atoms with van der Waals surface area (Å²) in [4.78, 5) is -0.373. The third-order valence-corrected chi connectivity index (χ3v) is 4.30. The second-order valence-electron chi connectivity index (χ2n) is 4.33. The Kier molecular flexibility index (Phi) is 4.65. The number of halogens is 4. The fourth-order valence-corrected chi connectivity index (χ4v) is 2.97. The molecule has 0 unspecified atom stereocenters. The molecule has 0 spiro atoms. The summed E-state index contributed by atoms with van der Waals surface area (Å²) in [5, 5.41) is 0. The van der Waals surface area contributed by atoms with Gasteiger partial charge < -0.3 is 5.73 Å². The molecule has 0 amide bonds. The third kappa shape index (κ3) is 3.40. The fraction of sp³-hybridized carbons (Fsp3) is 0.455. The Hall–Kier alpha value is -1.35. The van der Waals surface area contributed by atoms with Crippen LogP contribution in [0, 0.1) is 13.8 Å². The number of benzene rings is 1. The van der Waals surface area contributed by atoms with Crippen LogP contribution in [-0.4, -0.2) is 27.3 Å². The monoisotopic (exact) mass is 314 g/mol. The van der Waals surface area contributed by atoms with Gasteiger partial charge in [0.05, 0.1) is 12.2 Å². The molecule has 0 aliphatic heterocycles. The summed E-state index contributed by atoms with van der Waals surface area (Å²) in [6.45, 7) is 1.27. The van der Waals surface area contributed by atoms with E-state index in [4.69, 9.17) is 5.73 Å². The van der Waals surface area contributed by atoms with Crippen molar-refractivity contribution in [3.63, 3.8) is 0 Å². The van der Waals surface area contributed by atoms with E-state index in [1.807, 2.05) is 0 Å². The number of nitrogens with two attached hydrogens (primary N) is 1. The molecular weight excluding hydrogens is 300 g/mol. The second kappa shape index (κ2) is 5.57. The van der Waals surface area contributed by atoms with Crippen LogP contribution in [0.15, 0.2) is 17.0 Å². The van der Waals surface area contributed by atoms with Crippen LogP contribution in [-0.2, 0) is 10.0 Å². The van der Waals surface area contributed by atoms with Crippen LogP contribution in [0.3, 0.4) is 0 Å². The number of nitrogen functional groups attached to an aromatic ring is 1. The second-order valence-corrected chi connectivity index (χ2v) is 6.03. The fourth-order valence-electron chi connectivity index (χ4n) is 1.50. The predicted octanol–water partition coefficient (Wildman–Crippen LogP) is 2.06. The van der Waals surface area contributed by atoms with Gasteiger partial charge in [0.15, 0.2) is 0 Å². The summed E-state index contributed by atoms with van der Waals surface area (Å²) in [6.07, 6.45) is -3.96. The van der Waals surface area contributed by atoms with Crippen LogP contribution in [0.2, 0.25) is 0 Å². The normalized spacial score (nSPS) is 12.9. The highest BCUT2D eigenvalue weighted by atomic mass is 32.2. The van der Waals surface area contributed by atoms with E-state index in [1.165, 1.54) is 17.7 Å². The number of hydrogen-bond donors (Lipinski definition) is 2. The van der Waals surface area contributed by atoms with E-state index in [1.54, 1.807) is 13.0 Å². The zero-order valence-corrected chi connectivity index (χ0v) is 11.6. The first kappa shape index (κ1) is 16.7. The first-order valence-corrected chi connectivity index (χ1v) is 6.98. The Morgan fingerprint density at radius 1 is 1.25 bits per heavy atom. The number of sulfonamides is 1. The Bertz CT molecular complexity index is 603. The number of rotatable bonds is 5. The molecule has 0 aromatic heterocycles. The van der Waals surface area contributed by atoms with Gasteiger partial charge in [0, 0.05) is 0 Å². The Morgan fingerprint density at radius 3 is 2.25 bits per heavy atom. The van der Waals surface area contributed by atoms with Gasteiger partial charge in [-0.05, 0) is 25.0 Å². The zero-order valence-electron chi connectivity index (χ0n) is 10.8. The van der Waals surface area contributed by atoms with Crippen molar-refractivity contribution in [3.05, 3.63) is 23.3 Å². The lowest BCUT2D eigenvalue weighted by atomic mass is 10.1. The van der Waals surface area contributed by atoms with E-state index in [2.05, 4.69) is 0 Å². The molecule has 4 nitrogen and oxygen atoms in total. The molecule has 0 saturated heterocycles. The van der Waals surface area contributed by atoms with Crippen molar-refractivity contribution in [2.24, 2.45) is 0 Å². The lowest BCUT2D eigenvalue weighted by molar-refractivity contribution is -0.122. The van der Waals surface area contributed by atoms with Gasteiger partial charge in [-0.15, -0.1) is 0 Å². The number of anilines is 1. The molecule has 20 heavy (non-hydrogen) atoms. The van der Waals surface area contributed by atoms with Crippen molar-refractivity contribution in [2.45, 2.75) is 31.1 Å². The van der Waals surface area contributed by atoms with Gasteiger partial charge in [0.1, 0.15) is 4.90 Å². The molecule has 0 fully saturated rings. The van der Waals surface area contributed by atoms with Crippen molar-refractivity contribution >= 4 is 15.7 Å². The maximum absolute atomic E-state index is 12.8. The maximum Gasteiger partial charge on any atom is 0.320 e. The summed E-state index contributed by atoms with van der Waals surface area (Å²) >= 11 is 0. The number of hydrogen-bond acceptors (Lipinski definition) is 3. The molecule has 1 rings (SSSR count). The van der Waals surface area contributed by atoms with E-state index in [0.29, 0.717) is 5.56 Å². The van der Waals surface area contributed by atoms with Crippen molar-refractivity contribution in [2.75, 3.05) is 12.3 Å². The summed E-state index contributed by atoms with van der Waals surface area (Å²) in [5.74, 6) is -4.44. The quantitative estimate of drug-likeness (QED) is 0.645. The van der Waals surface area contributed by atoms with Gasteiger partial charge in [-0.2, -0.15) is 8.78 Å². The Labute approximate surface area is 114 Å². The Morgan fingerprint density at radius 2 is 1.75 bits per heavy atom. The largest absolute Gasteiger partial charge is 0.397 e. The van der Waals surface area contributed by atoms with Crippen LogP contribution in [0.4, 0.5) is 23.2 Å². The molecule has 0 aliphatic carbocycles.